The molecule has 2 aromatic rings. The van der Waals surface area contributed by atoms with Crippen LogP contribution in [-0.2, 0) is 21.4 Å². The molecular formula is C20H24FN3O3S. The van der Waals surface area contributed by atoms with Crippen LogP contribution in [0.1, 0.15) is 31.4 Å². The first-order valence-electron chi connectivity index (χ1n) is 9.37. The van der Waals surface area contributed by atoms with Crippen molar-refractivity contribution >= 4 is 15.9 Å². The second-order valence-electron chi connectivity index (χ2n) is 7.06. The highest BCUT2D eigenvalue weighted by Gasteiger charge is 2.27. The van der Waals surface area contributed by atoms with Gasteiger partial charge in [-0.15, -0.1) is 0 Å². The SMILES string of the molecule is O=C(NCc1ccccn1)C1CCC(CNS(=O)(=O)c2ccc(F)cc2)CC1. The van der Waals surface area contributed by atoms with Gasteiger partial charge in [0.05, 0.1) is 17.1 Å². The van der Waals surface area contributed by atoms with Gasteiger partial charge in [-0.3, -0.25) is 9.78 Å². The Labute approximate surface area is 164 Å². The standard InChI is InChI=1S/C20H24FN3O3S/c21-17-8-10-19(11-9-17)28(26,27)24-13-15-4-6-16(7-5-15)20(25)23-14-18-3-1-2-12-22-18/h1-3,8-12,15-16,24H,4-7,13-14H2,(H,23,25). The molecule has 1 saturated carbocycles. The summed E-state index contributed by atoms with van der Waals surface area (Å²) in [6, 6.07) is 10.3. The molecule has 8 heteroatoms. The van der Waals surface area contributed by atoms with Crippen LogP contribution in [0.25, 0.3) is 0 Å². The first-order valence-corrected chi connectivity index (χ1v) is 10.9. The van der Waals surface area contributed by atoms with Crippen molar-refractivity contribution in [2.75, 3.05) is 6.54 Å². The average molecular weight is 405 g/mol. The smallest absolute Gasteiger partial charge is 0.240 e. The van der Waals surface area contributed by atoms with E-state index in [4.69, 9.17) is 0 Å². The Morgan fingerprint density at radius 1 is 1.07 bits per heavy atom. The number of nitrogens with one attached hydrogen (secondary N) is 2. The number of aromatic nitrogens is 1. The van der Waals surface area contributed by atoms with Crippen molar-refractivity contribution in [2.45, 2.75) is 37.1 Å². The van der Waals surface area contributed by atoms with Crippen LogP contribution in [0.3, 0.4) is 0 Å². The molecule has 1 heterocycles. The Kier molecular flexibility index (Phi) is 6.74. The summed E-state index contributed by atoms with van der Waals surface area (Å²) in [6.45, 7) is 0.735. The highest BCUT2D eigenvalue weighted by Crippen LogP contribution is 2.29. The lowest BCUT2D eigenvalue weighted by atomic mass is 9.81. The molecule has 28 heavy (non-hydrogen) atoms. The first kappa shape index (κ1) is 20.4. The van der Waals surface area contributed by atoms with Gasteiger partial charge < -0.3 is 5.32 Å². The van der Waals surface area contributed by atoms with E-state index in [9.17, 15) is 17.6 Å². The van der Waals surface area contributed by atoms with Crippen LogP contribution in [-0.4, -0.2) is 25.9 Å². The number of rotatable bonds is 7. The van der Waals surface area contributed by atoms with Gasteiger partial charge in [-0.1, -0.05) is 6.07 Å². The number of sulfonamides is 1. The lowest BCUT2D eigenvalue weighted by Gasteiger charge is -2.27. The molecule has 0 unspecified atom stereocenters. The monoisotopic (exact) mass is 405 g/mol. The Morgan fingerprint density at radius 3 is 2.43 bits per heavy atom. The Bertz CT molecular complexity index is 881. The van der Waals surface area contributed by atoms with Crippen molar-refractivity contribution in [3.05, 3.63) is 60.2 Å². The van der Waals surface area contributed by atoms with Crippen molar-refractivity contribution in [1.29, 1.82) is 0 Å². The number of halogens is 1. The van der Waals surface area contributed by atoms with Gasteiger partial charge in [0.1, 0.15) is 5.82 Å². The Balaban J connectivity index is 1.42. The Morgan fingerprint density at radius 2 is 1.79 bits per heavy atom. The second-order valence-corrected chi connectivity index (χ2v) is 8.83. The first-order chi connectivity index (χ1) is 13.4. The van der Waals surface area contributed by atoms with E-state index in [2.05, 4.69) is 15.0 Å². The fraction of sp³-hybridized carbons (Fsp3) is 0.400. The molecule has 2 N–H and O–H groups in total. The van der Waals surface area contributed by atoms with E-state index in [1.54, 1.807) is 6.20 Å². The quantitative estimate of drug-likeness (QED) is 0.741. The molecule has 6 nitrogen and oxygen atoms in total. The number of carbonyl (C=O) groups excluding carboxylic acids is 1. The average Bonchev–Trinajstić information content (AvgIpc) is 2.72. The van der Waals surface area contributed by atoms with Gasteiger partial charge in [-0.25, -0.2) is 17.5 Å². The molecule has 1 aromatic carbocycles. The van der Waals surface area contributed by atoms with Crippen LogP contribution in [0.5, 0.6) is 0 Å². The predicted molar refractivity (Wildman–Crippen MR) is 103 cm³/mol. The molecule has 0 radical (unpaired) electrons. The van der Waals surface area contributed by atoms with E-state index >= 15 is 0 Å². The molecule has 0 aliphatic heterocycles. The van der Waals surface area contributed by atoms with E-state index in [1.165, 1.54) is 12.1 Å². The molecule has 0 saturated heterocycles. The maximum atomic E-state index is 13.0. The molecule has 1 fully saturated rings. The third kappa shape index (κ3) is 5.59. The summed E-state index contributed by atoms with van der Waals surface area (Å²) in [5.74, 6) is -0.307. The van der Waals surface area contributed by atoms with Gasteiger partial charge in [-0.05, 0) is 68.0 Å². The predicted octanol–water partition coefficient (Wildman–Crippen LogP) is 2.62. The zero-order valence-corrected chi connectivity index (χ0v) is 16.3. The number of hydrogen-bond acceptors (Lipinski definition) is 4. The third-order valence-corrected chi connectivity index (χ3v) is 6.51. The minimum Gasteiger partial charge on any atom is -0.350 e. The van der Waals surface area contributed by atoms with Gasteiger partial charge in [0.15, 0.2) is 0 Å². The largest absolute Gasteiger partial charge is 0.350 e. The second kappa shape index (κ2) is 9.25. The normalized spacial score (nSPS) is 19.9. The zero-order chi connectivity index (χ0) is 20.0. The molecular weight excluding hydrogens is 381 g/mol. The van der Waals surface area contributed by atoms with Crippen LogP contribution < -0.4 is 10.0 Å². The molecule has 1 aromatic heterocycles. The van der Waals surface area contributed by atoms with Gasteiger partial charge in [0.25, 0.3) is 0 Å². The summed E-state index contributed by atoms with van der Waals surface area (Å²) in [4.78, 5) is 16.6. The number of nitrogens with zero attached hydrogens (tertiary/aromatic N) is 1. The van der Waals surface area contributed by atoms with Gasteiger partial charge in [0.2, 0.25) is 15.9 Å². The molecule has 1 aliphatic rings. The summed E-state index contributed by atoms with van der Waals surface area (Å²) >= 11 is 0. The fourth-order valence-corrected chi connectivity index (χ4v) is 4.49. The van der Waals surface area contributed by atoms with Crippen molar-refractivity contribution in [3.8, 4) is 0 Å². The fourth-order valence-electron chi connectivity index (χ4n) is 3.38. The molecule has 150 valence electrons. The number of carbonyl (C=O) groups is 1. The molecule has 1 aliphatic carbocycles. The third-order valence-electron chi connectivity index (χ3n) is 5.07. The topological polar surface area (TPSA) is 88.2 Å². The van der Waals surface area contributed by atoms with Crippen LogP contribution in [0.15, 0.2) is 53.6 Å². The van der Waals surface area contributed by atoms with Crippen LogP contribution in [0.2, 0.25) is 0 Å². The van der Waals surface area contributed by atoms with Crippen LogP contribution in [0.4, 0.5) is 4.39 Å². The van der Waals surface area contributed by atoms with E-state index in [-0.39, 0.29) is 22.6 Å². The van der Waals surface area contributed by atoms with Crippen molar-refractivity contribution in [2.24, 2.45) is 11.8 Å². The van der Waals surface area contributed by atoms with Gasteiger partial charge >= 0.3 is 0 Å². The number of pyridine rings is 1. The minimum atomic E-state index is -3.65. The number of amides is 1. The van der Waals surface area contributed by atoms with Gasteiger partial charge in [-0.2, -0.15) is 0 Å². The lowest BCUT2D eigenvalue weighted by Crippen LogP contribution is -2.36. The summed E-state index contributed by atoms with van der Waals surface area (Å²) in [5.41, 5.74) is 0.819. The van der Waals surface area contributed by atoms with Crippen molar-refractivity contribution in [3.63, 3.8) is 0 Å². The maximum absolute atomic E-state index is 13.0. The molecule has 3 rings (SSSR count). The summed E-state index contributed by atoms with van der Waals surface area (Å²) in [5, 5.41) is 2.92. The van der Waals surface area contributed by atoms with Gasteiger partial charge in [0, 0.05) is 18.7 Å². The molecule has 0 bridgehead atoms. The van der Waals surface area contributed by atoms with E-state index < -0.39 is 15.8 Å². The van der Waals surface area contributed by atoms with E-state index in [1.807, 2.05) is 18.2 Å². The minimum absolute atomic E-state index is 0.0241. The number of hydrogen-bond donors (Lipinski definition) is 2. The summed E-state index contributed by atoms with van der Waals surface area (Å²) in [6.07, 6.45) is 4.73. The van der Waals surface area contributed by atoms with Crippen molar-refractivity contribution < 1.29 is 17.6 Å². The zero-order valence-electron chi connectivity index (χ0n) is 15.5. The summed E-state index contributed by atoms with van der Waals surface area (Å²) in [7, 11) is -3.65. The van der Waals surface area contributed by atoms with Crippen LogP contribution >= 0.6 is 0 Å². The molecule has 0 atom stereocenters. The highest BCUT2D eigenvalue weighted by molar-refractivity contribution is 7.89. The van der Waals surface area contributed by atoms with Crippen molar-refractivity contribution in [1.82, 2.24) is 15.0 Å². The number of benzene rings is 1. The molecule has 0 spiro atoms. The Hall–Kier alpha value is -2.32. The summed E-state index contributed by atoms with van der Waals surface area (Å²) < 4.78 is 40.1. The van der Waals surface area contributed by atoms with Crippen LogP contribution in [0, 0.1) is 17.7 Å². The highest BCUT2D eigenvalue weighted by atomic mass is 32.2. The van der Waals surface area contributed by atoms with E-state index in [0.29, 0.717) is 13.1 Å². The van der Waals surface area contributed by atoms with E-state index in [0.717, 1.165) is 43.5 Å². The maximum Gasteiger partial charge on any atom is 0.240 e. The lowest BCUT2D eigenvalue weighted by molar-refractivity contribution is -0.126. The molecule has 1 amide bonds.